The smallest absolute Gasteiger partial charge is 0.389 e. The van der Waals surface area contributed by atoms with Gasteiger partial charge in [-0.15, -0.1) is 0 Å². The minimum absolute atomic E-state index is 0.171. The van der Waals surface area contributed by atoms with Crippen LogP contribution in [0.15, 0.2) is 36.5 Å². The van der Waals surface area contributed by atoms with Crippen molar-refractivity contribution in [1.29, 1.82) is 0 Å². The number of nitrogens with two attached hydrogens (primary N) is 1. The van der Waals surface area contributed by atoms with Crippen LogP contribution in [-0.2, 0) is 6.18 Å². The van der Waals surface area contributed by atoms with Gasteiger partial charge in [-0.05, 0) is 36.8 Å². The zero-order valence-electron chi connectivity index (χ0n) is 11.0. The highest BCUT2D eigenvalue weighted by Gasteiger charge is 2.32. The number of halogens is 3. The lowest BCUT2D eigenvalue weighted by Crippen LogP contribution is -2.10. The van der Waals surface area contributed by atoms with Crippen LogP contribution in [0.25, 0.3) is 0 Å². The van der Waals surface area contributed by atoms with Crippen LogP contribution in [0.2, 0.25) is 0 Å². The molecule has 0 saturated carbocycles. The van der Waals surface area contributed by atoms with Crippen molar-refractivity contribution in [2.75, 3.05) is 5.32 Å². The van der Waals surface area contributed by atoms with Gasteiger partial charge in [0.05, 0.1) is 5.56 Å². The molecule has 0 aliphatic heterocycles. The summed E-state index contributed by atoms with van der Waals surface area (Å²) in [6, 6.07) is 7.28. The lowest BCUT2D eigenvalue weighted by atomic mass is 10.1. The van der Waals surface area contributed by atoms with Gasteiger partial charge in [-0.2, -0.15) is 13.2 Å². The van der Waals surface area contributed by atoms with Crippen LogP contribution >= 0.6 is 12.2 Å². The first kappa shape index (κ1) is 15.2. The molecule has 0 amide bonds. The van der Waals surface area contributed by atoms with Crippen molar-refractivity contribution in [3.05, 3.63) is 53.2 Å². The summed E-state index contributed by atoms with van der Waals surface area (Å²) in [5.74, 6) is 0.409. The molecule has 3 N–H and O–H groups in total. The van der Waals surface area contributed by atoms with E-state index < -0.39 is 11.7 Å². The zero-order valence-corrected chi connectivity index (χ0v) is 11.8. The van der Waals surface area contributed by atoms with Crippen LogP contribution < -0.4 is 11.1 Å². The Bertz CT molecular complexity index is 666. The van der Waals surface area contributed by atoms with Crippen molar-refractivity contribution >= 4 is 28.7 Å². The van der Waals surface area contributed by atoms with Gasteiger partial charge in [0.25, 0.3) is 0 Å². The molecular formula is C14H12F3N3S. The van der Waals surface area contributed by atoms with E-state index in [9.17, 15) is 13.2 Å². The summed E-state index contributed by atoms with van der Waals surface area (Å²) < 4.78 is 38.5. The number of benzene rings is 1. The Morgan fingerprint density at radius 1 is 1.24 bits per heavy atom. The van der Waals surface area contributed by atoms with Crippen molar-refractivity contribution in [2.24, 2.45) is 5.73 Å². The van der Waals surface area contributed by atoms with Crippen LogP contribution in [-0.4, -0.2) is 9.97 Å². The van der Waals surface area contributed by atoms with E-state index in [4.69, 9.17) is 18.0 Å². The first-order valence-electron chi connectivity index (χ1n) is 5.98. The number of nitrogens with zero attached hydrogens (tertiary/aromatic N) is 1. The number of anilines is 2. The molecule has 1 heterocycles. The van der Waals surface area contributed by atoms with Crippen LogP contribution in [0, 0.1) is 6.92 Å². The highest BCUT2D eigenvalue weighted by molar-refractivity contribution is 7.80. The lowest BCUT2D eigenvalue weighted by molar-refractivity contribution is -0.138. The van der Waals surface area contributed by atoms with Gasteiger partial charge in [-0.25, -0.2) is 4.98 Å². The summed E-state index contributed by atoms with van der Waals surface area (Å²) in [5, 5.41) is 2.81. The molecule has 21 heavy (non-hydrogen) atoms. The Kier molecular flexibility index (Phi) is 4.13. The fourth-order valence-electron chi connectivity index (χ4n) is 1.77. The molecule has 1 aromatic carbocycles. The van der Waals surface area contributed by atoms with E-state index >= 15 is 0 Å². The Balaban J connectivity index is 2.26. The molecule has 3 nitrogen and oxygen atoms in total. The normalized spacial score (nSPS) is 11.2. The number of alkyl halides is 3. The van der Waals surface area contributed by atoms with Crippen LogP contribution in [0.4, 0.5) is 24.7 Å². The van der Waals surface area contributed by atoms with Gasteiger partial charge in [0.1, 0.15) is 10.8 Å². The molecule has 2 aromatic rings. The van der Waals surface area contributed by atoms with Gasteiger partial charge in [-0.1, -0.05) is 18.3 Å². The zero-order chi connectivity index (χ0) is 15.6. The van der Waals surface area contributed by atoms with Crippen molar-refractivity contribution in [3.8, 4) is 0 Å². The van der Waals surface area contributed by atoms with Gasteiger partial charge in [0.15, 0.2) is 0 Å². The third-order valence-electron chi connectivity index (χ3n) is 2.86. The number of aromatic nitrogens is 1. The number of hydrogen-bond donors (Lipinski definition) is 2. The number of aryl methyl sites for hydroxylation is 1. The van der Waals surface area contributed by atoms with Crippen molar-refractivity contribution < 1.29 is 13.2 Å². The molecule has 0 saturated heterocycles. The first-order valence-corrected chi connectivity index (χ1v) is 6.39. The average Bonchev–Trinajstić information content (AvgIpc) is 2.40. The number of rotatable bonds is 3. The average molecular weight is 311 g/mol. The molecule has 7 heteroatoms. The van der Waals surface area contributed by atoms with Gasteiger partial charge in [0.2, 0.25) is 0 Å². The SMILES string of the molecule is Cc1ccc(Nc2ccc(C(N)=S)cn2)cc1C(F)(F)F. The third kappa shape index (κ3) is 3.69. The van der Waals surface area contributed by atoms with Crippen LogP contribution in [0.5, 0.6) is 0 Å². The van der Waals surface area contributed by atoms with Gasteiger partial charge in [0, 0.05) is 17.4 Å². The Morgan fingerprint density at radius 2 is 1.95 bits per heavy atom. The second-order valence-corrected chi connectivity index (χ2v) is 4.89. The van der Waals surface area contributed by atoms with Crippen LogP contribution in [0.3, 0.4) is 0 Å². The highest BCUT2D eigenvalue weighted by Crippen LogP contribution is 2.33. The van der Waals surface area contributed by atoms with E-state index in [0.29, 0.717) is 17.1 Å². The minimum atomic E-state index is -4.38. The van der Waals surface area contributed by atoms with E-state index in [1.165, 1.54) is 19.2 Å². The predicted octanol–water partition coefficient (Wildman–Crippen LogP) is 3.79. The minimum Gasteiger partial charge on any atom is -0.389 e. The molecule has 0 atom stereocenters. The molecule has 2 rings (SSSR count). The van der Waals surface area contributed by atoms with Crippen molar-refractivity contribution in [2.45, 2.75) is 13.1 Å². The fraction of sp³-hybridized carbons (Fsp3) is 0.143. The van der Waals surface area contributed by atoms with E-state index in [1.54, 1.807) is 18.2 Å². The Hall–Kier alpha value is -2.15. The maximum atomic E-state index is 12.8. The second kappa shape index (κ2) is 5.69. The topological polar surface area (TPSA) is 50.9 Å². The maximum absolute atomic E-state index is 12.8. The number of thiocarbonyl (C=S) groups is 1. The van der Waals surface area contributed by atoms with Gasteiger partial charge >= 0.3 is 6.18 Å². The summed E-state index contributed by atoms with van der Waals surface area (Å²) in [7, 11) is 0. The van der Waals surface area contributed by atoms with E-state index in [-0.39, 0.29) is 10.6 Å². The molecule has 110 valence electrons. The molecule has 0 spiro atoms. The second-order valence-electron chi connectivity index (χ2n) is 4.45. The highest BCUT2D eigenvalue weighted by atomic mass is 32.1. The van der Waals surface area contributed by atoms with Gasteiger partial charge in [-0.3, -0.25) is 0 Å². The fourth-order valence-corrected chi connectivity index (χ4v) is 1.89. The van der Waals surface area contributed by atoms with E-state index in [2.05, 4.69) is 10.3 Å². The number of nitrogens with one attached hydrogen (secondary N) is 1. The quantitative estimate of drug-likeness (QED) is 0.847. The van der Waals surface area contributed by atoms with Gasteiger partial charge < -0.3 is 11.1 Å². The molecule has 0 radical (unpaired) electrons. The molecule has 0 aliphatic rings. The monoisotopic (exact) mass is 311 g/mol. The predicted molar refractivity (Wildman–Crippen MR) is 79.6 cm³/mol. The van der Waals surface area contributed by atoms with Crippen molar-refractivity contribution in [1.82, 2.24) is 4.98 Å². The number of pyridine rings is 1. The largest absolute Gasteiger partial charge is 0.416 e. The maximum Gasteiger partial charge on any atom is 0.416 e. The summed E-state index contributed by atoms with van der Waals surface area (Å²) >= 11 is 4.80. The standard InChI is InChI=1S/C14H12F3N3S/c1-8-2-4-10(6-11(8)14(15,16)17)20-12-5-3-9(7-19-12)13(18)21/h2-7H,1H3,(H2,18,21)(H,19,20). The Morgan fingerprint density at radius 3 is 2.48 bits per heavy atom. The summed E-state index contributed by atoms with van der Waals surface area (Å²) in [4.78, 5) is 4.26. The first-order chi connectivity index (χ1) is 9.77. The molecule has 0 fully saturated rings. The molecule has 1 aromatic heterocycles. The summed E-state index contributed by atoms with van der Waals surface area (Å²) in [6.07, 6.45) is -2.92. The molecule has 0 aliphatic carbocycles. The van der Waals surface area contributed by atoms with Crippen molar-refractivity contribution in [3.63, 3.8) is 0 Å². The van der Waals surface area contributed by atoms with E-state index in [1.807, 2.05) is 0 Å². The van der Waals surface area contributed by atoms with Crippen LogP contribution in [0.1, 0.15) is 16.7 Å². The Labute approximate surface area is 125 Å². The van der Waals surface area contributed by atoms with E-state index in [0.717, 1.165) is 6.07 Å². The third-order valence-corrected chi connectivity index (χ3v) is 3.10. The number of hydrogen-bond acceptors (Lipinski definition) is 3. The molecule has 0 bridgehead atoms. The lowest BCUT2D eigenvalue weighted by Gasteiger charge is -2.13. The summed E-state index contributed by atoms with van der Waals surface area (Å²) in [5.41, 5.74) is 5.85. The summed E-state index contributed by atoms with van der Waals surface area (Å²) in [6.45, 7) is 1.42. The molecular weight excluding hydrogens is 299 g/mol. The molecule has 0 unspecified atom stereocenters.